The molecule has 0 aliphatic carbocycles. The maximum Gasteiger partial charge on any atom is 0.485 e. The van der Waals surface area contributed by atoms with Gasteiger partial charge in [0, 0.05) is 0 Å². The zero-order valence-electron chi connectivity index (χ0n) is 4.09. The molecule has 0 saturated carbocycles. The van der Waals surface area contributed by atoms with Crippen LogP contribution in [0.15, 0.2) is 12.6 Å². The van der Waals surface area contributed by atoms with Crippen molar-refractivity contribution in [3.05, 3.63) is 12.6 Å². The lowest BCUT2D eigenvalue weighted by Crippen LogP contribution is -2.08. The van der Waals surface area contributed by atoms with E-state index in [1.165, 1.54) is 0 Å². The first-order valence-corrected chi connectivity index (χ1v) is 2.29. The number of rotatable bonds is 1. The highest BCUT2D eigenvalue weighted by atomic mass is 16.6. The maximum atomic E-state index is 4.96. The summed E-state index contributed by atoms with van der Waals surface area (Å²) in [5.41, 5.74) is 0. The van der Waals surface area contributed by atoms with Gasteiger partial charge in [-0.2, -0.15) is 0 Å². The predicted molar refractivity (Wildman–Crippen MR) is 27.9 cm³/mol. The van der Waals surface area contributed by atoms with E-state index in [1.54, 1.807) is 5.98 Å². The van der Waals surface area contributed by atoms with Gasteiger partial charge in [-0.25, -0.2) is 0 Å². The van der Waals surface area contributed by atoms with Gasteiger partial charge in [0.2, 0.25) is 0 Å². The molecule has 0 spiro atoms. The van der Waals surface area contributed by atoms with Crippen molar-refractivity contribution >= 4 is 7.12 Å². The average Bonchev–Trinajstić information content (AvgIpc) is 2.14. The van der Waals surface area contributed by atoms with Crippen LogP contribution in [0.5, 0.6) is 0 Å². The van der Waals surface area contributed by atoms with Gasteiger partial charge in [0.15, 0.2) is 0 Å². The van der Waals surface area contributed by atoms with Crippen LogP contribution in [0.1, 0.15) is 0 Å². The van der Waals surface area contributed by atoms with E-state index in [0.717, 1.165) is 0 Å². The van der Waals surface area contributed by atoms with Crippen LogP contribution in [-0.4, -0.2) is 20.3 Å². The van der Waals surface area contributed by atoms with Crippen molar-refractivity contribution in [2.24, 2.45) is 0 Å². The predicted octanol–water partition coefficient (Wildman–Crippen LogP) is 0.247. The summed E-state index contributed by atoms with van der Waals surface area (Å²) in [6, 6.07) is 0. The van der Waals surface area contributed by atoms with E-state index < -0.39 is 0 Å². The molecule has 3 heteroatoms. The molecule has 0 aromatic heterocycles. The molecule has 0 radical (unpaired) electrons. The summed E-state index contributed by atoms with van der Waals surface area (Å²) < 4.78 is 9.92. The van der Waals surface area contributed by atoms with Gasteiger partial charge >= 0.3 is 7.12 Å². The van der Waals surface area contributed by atoms with E-state index >= 15 is 0 Å². The largest absolute Gasteiger partial charge is 0.485 e. The second-order valence-corrected chi connectivity index (χ2v) is 1.35. The Bertz CT molecular complexity index is 68.1. The quantitative estimate of drug-likeness (QED) is 0.437. The third kappa shape index (κ3) is 1.04. The van der Waals surface area contributed by atoms with Gasteiger partial charge in [-0.15, -0.1) is 6.58 Å². The van der Waals surface area contributed by atoms with E-state index in [4.69, 9.17) is 9.31 Å². The highest BCUT2D eigenvalue weighted by molar-refractivity contribution is 6.50. The van der Waals surface area contributed by atoms with Crippen molar-refractivity contribution in [2.45, 2.75) is 0 Å². The summed E-state index contributed by atoms with van der Waals surface area (Å²) >= 11 is 0. The standard InChI is InChI=1S/C4H7BO2/c1-2-5-6-3-4-7-5/h2H,1,3-4H2. The minimum atomic E-state index is -0.139. The van der Waals surface area contributed by atoms with Crippen LogP contribution < -0.4 is 0 Å². The van der Waals surface area contributed by atoms with Crippen molar-refractivity contribution in [3.63, 3.8) is 0 Å². The van der Waals surface area contributed by atoms with Crippen LogP contribution in [0.4, 0.5) is 0 Å². The Kier molecular flexibility index (Phi) is 1.49. The Hall–Kier alpha value is -0.275. The summed E-state index contributed by atoms with van der Waals surface area (Å²) in [6.45, 7) is 4.90. The molecular formula is C4H7BO2. The normalized spacial score (nSPS) is 20.3. The molecule has 1 aliphatic heterocycles. The number of hydrogen-bond donors (Lipinski definition) is 0. The van der Waals surface area contributed by atoms with Gasteiger partial charge in [0.05, 0.1) is 13.2 Å². The molecule has 38 valence electrons. The molecule has 7 heavy (non-hydrogen) atoms. The Labute approximate surface area is 43.3 Å². The highest BCUT2D eigenvalue weighted by Gasteiger charge is 2.17. The van der Waals surface area contributed by atoms with E-state index in [0.29, 0.717) is 13.2 Å². The molecule has 1 heterocycles. The van der Waals surface area contributed by atoms with Crippen LogP contribution in [0.2, 0.25) is 0 Å². The first-order valence-electron chi connectivity index (χ1n) is 2.29. The minimum Gasteiger partial charge on any atom is -0.405 e. The summed E-state index contributed by atoms with van der Waals surface area (Å²) in [4.78, 5) is 0. The molecule has 1 fully saturated rings. The van der Waals surface area contributed by atoms with Gasteiger partial charge in [-0.3, -0.25) is 0 Å². The molecule has 0 N–H and O–H groups in total. The Morgan fingerprint density at radius 1 is 1.43 bits per heavy atom. The molecule has 2 nitrogen and oxygen atoms in total. The molecule has 0 amide bonds. The highest BCUT2D eigenvalue weighted by Crippen LogP contribution is 1.97. The fourth-order valence-electron chi connectivity index (χ4n) is 0.513. The summed E-state index contributed by atoms with van der Waals surface area (Å²) in [5.74, 6) is 1.65. The van der Waals surface area contributed by atoms with Crippen LogP contribution in [0, 0.1) is 0 Å². The Balaban J connectivity index is 2.26. The lowest BCUT2D eigenvalue weighted by Gasteiger charge is -1.89. The zero-order valence-corrected chi connectivity index (χ0v) is 4.09. The summed E-state index contributed by atoms with van der Waals surface area (Å²) in [5, 5.41) is 0. The maximum absolute atomic E-state index is 4.96. The van der Waals surface area contributed by atoms with Gasteiger partial charge in [0.1, 0.15) is 0 Å². The molecular weight excluding hydrogens is 90.9 g/mol. The summed E-state index contributed by atoms with van der Waals surface area (Å²) in [7, 11) is -0.139. The fourth-order valence-corrected chi connectivity index (χ4v) is 0.513. The molecule has 0 aromatic carbocycles. The van der Waals surface area contributed by atoms with E-state index in [1.807, 2.05) is 0 Å². The smallest absolute Gasteiger partial charge is 0.405 e. The first-order chi connectivity index (χ1) is 3.43. The van der Waals surface area contributed by atoms with Crippen molar-refractivity contribution < 1.29 is 9.31 Å². The van der Waals surface area contributed by atoms with Crippen molar-refractivity contribution in [3.8, 4) is 0 Å². The van der Waals surface area contributed by atoms with Gasteiger partial charge in [-0.05, 0) is 0 Å². The fraction of sp³-hybridized carbons (Fsp3) is 0.500. The van der Waals surface area contributed by atoms with E-state index in [9.17, 15) is 0 Å². The van der Waals surface area contributed by atoms with Gasteiger partial charge < -0.3 is 9.31 Å². The van der Waals surface area contributed by atoms with Crippen molar-refractivity contribution in [1.29, 1.82) is 0 Å². The second kappa shape index (κ2) is 2.14. The minimum absolute atomic E-state index is 0.139. The average molecular weight is 97.9 g/mol. The topological polar surface area (TPSA) is 18.5 Å². The lowest BCUT2D eigenvalue weighted by molar-refractivity contribution is 0.365. The molecule has 0 atom stereocenters. The van der Waals surface area contributed by atoms with E-state index in [2.05, 4.69) is 6.58 Å². The lowest BCUT2D eigenvalue weighted by atomic mass is 9.92. The molecule has 0 bridgehead atoms. The third-order valence-electron chi connectivity index (χ3n) is 0.840. The van der Waals surface area contributed by atoms with Crippen molar-refractivity contribution in [1.82, 2.24) is 0 Å². The van der Waals surface area contributed by atoms with Crippen molar-refractivity contribution in [2.75, 3.05) is 13.2 Å². The molecule has 0 aromatic rings. The van der Waals surface area contributed by atoms with Crippen LogP contribution in [-0.2, 0) is 9.31 Å². The zero-order chi connectivity index (χ0) is 5.11. The Morgan fingerprint density at radius 3 is 2.29 bits per heavy atom. The van der Waals surface area contributed by atoms with Gasteiger partial charge in [-0.1, -0.05) is 5.98 Å². The molecule has 0 unspecified atom stereocenters. The SMILES string of the molecule is C=CB1OCCO1. The van der Waals surface area contributed by atoms with Crippen LogP contribution in [0.3, 0.4) is 0 Å². The second-order valence-electron chi connectivity index (χ2n) is 1.35. The molecule has 1 aliphatic rings. The first kappa shape index (κ1) is 4.87. The summed E-state index contributed by atoms with van der Waals surface area (Å²) in [6.07, 6.45) is 0. The monoisotopic (exact) mass is 98.1 g/mol. The molecule has 1 saturated heterocycles. The Morgan fingerprint density at radius 2 is 2.00 bits per heavy atom. The van der Waals surface area contributed by atoms with Crippen LogP contribution >= 0.6 is 0 Å². The van der Waals surface area contributed by atoms with Crippen LogP contribution in [0.25, 0.3) is 0 Å². The number of hydrogen-bond acceptors (Lipinski definition) is 2. The van der Waals surface area contributed by atoms with E-state index in [-0.39, 0.29) is 7.12 Å². The third-order valence-corrected chi connectivity index (χ3v) is 0.840. The van der Waals surface area contributed by atoms with Gasteiger partial charge in [0.25, 0.3) is 0 Å². The molecule has 1 rings (SSSR count).